The number of para-hydroxylation sites is 1. The lowest BCUT2D eigenvalue weighted by atomic mass is 10.2. The van der Waals surface area contributed by atoms with Crippen LogP contribution in [0.15, 0.2) is 35.3 Å². The fourth-order valence-electron chi connectivity index (χ4n) is 1.38. The minimum atomic E-state index is -0.279. The summed E-state index contributed by atoms with van der Waals surface area (Å²) < 4.78 is 0. The molecular weight excluding hydrogens is 230 g/mol. The molecule has 6 N–H and O–H groups in total. The number of anilines is 1. The van der Waals surface area contributed by atoms with Crippen molar-refractivity contribution in [2.24, 2.45) is 16.6 Å². The molecule has 6 nitrogen and oxygen atoms in total. The van der Waals surface area contributed by atoms with E-state index in [1.165, 1.54) is 0 Å². The molecule has 0 aliphatic rings. The number of primary amides is 1. The van der Waals surface area contributed by atoms with Crippen LogP contribution in [0.2, 0.25) is 0 Å². The van der Waals surface area contributed by atoms with Crippen LogP contribution in [0.4, 0.5) is 5.69 Å². The van der Waals surface area contributed by atoms with Crippen LogP contribution in [-0.4, -0.2) is 18.4 Å². The first kappa shape index (κ1) is 14.0. The highest BCUT2D eigenvalue weighted by Gasteiger charge is 1.97. The second-order valence-corrected chi connectivity index (χ2v) is 3.79. The van der Waals surface area contributed by atoms with E-state index >= 15 is 0 Å². The van der Waals surface area contributed by atoms with Gasteiger partial charge in [0.05, 0.1) is 0 Å². The Balaban J connectivity index is 2.34. The fourth-order valence-corrected chi connectivity index (χ4v) is 1.38. The van der Waals surface area contributed by atoms with Gasteiger partial charge in [0.25, 0.3) is 0 Å². The van der Waals surface area contributed by atoms with E-state index in [0.29, 0.717) is 18.9 Å². The number of guanidine groups is 1. The van der Waals surface area contributed by atoms with Crippen LogP contribution in [-0.2, 0) is 4.79 Å². The lowest BCUT2D eigenvalue weighted by Gasteiger charge is -2.08. The second-order valence-electron chi connectivity index (χ2n) is 3.79. The zero-order chi connectivity index (χ0) is 13.2. The van der Waals surface area contributed by atoms with Crippen molar-refractivity contribution in [1.82, 2.24) is 5.43 Å². The molecule has 0 unspecified atom stereocenters. The van der Waals surface area contributed by atoms with E-state index in [1.807, 2.05) is 30.3 Å². The molecular formula is C12H19N5O. The molecule has 0 heterocycles. The molecule has 0 saturated carbocycles. The molecule has 0 spiro atoms. The van der Waals surface area contributed by atoms with Crippen LogP contribution < -0.4 is 22.3 Å². The first-order valence-corrected chi connectivity index (χ1v) is 5.84. The van der Waals surface area contributed by atoms with Gasteiger partial charge in [-0.05, 0) is 25.0 Å². The maximum absolute atomic E-state index is 10.5. The van der Waals surface area contributed by atoms with Crippen molar-refractivity contribution in [3.63, 3.8) is 0 Å². The van der Waals surface area contributed by atoms with Gasteiger partial charge in [0.2, 0.25) is 11.9 Å². The number of amides is 1. The van der Waals surface area contributed by atoms with Gasteiger partial charge in [-0.25, -0.2) is 5.84 Å². The molecule has 0 aliphatic heterocycles. The van der Waals surface area contributed by atoms with Crippen molar-refractivity contribution in [3.8, 4) is 0 Å². The highest BCUT2D eigenvalue weighted by molar-refractivity contribution is 5.93. The van der Waals surface area contributed by atoms with Crippen molar-refractivity contribution in [2.45, 2.75) is 19.3 Å². The molecule has 0 aromatic heterocycles. The molecule has 6 heteroatoms. The second kappa shape index (κ2) is 8.08. The summed E-state index contributed by atoms with van der Waals surface area (Å²) in [6.45, 7) is 0.590. The summed E-state index contributed by atoms with van der Waals surface area (Å²) in [6.07, 6.45) is 1.93. The number of nitrogens with zero attached hydrogens (tertiary/aromatic N) is 1. The monoisotopic (exact) mass is 249 g/mol. The molecule has 0 saturated heterocycles. The topological polar surface area (TPSA) is 106 Å². The molecule has 18 heavy (non-hydrogen) atoms. The molecule has 1 rings (SSSR count). The van der Waals surface area contributed by atoms with Crippen molar-refractivity contribution in [3.05, 3.63) is 30.3 Å². The summed E-state index contributed by atoms with van der Waals surface area (Å²) in [7, 11) is 0. The third kappa shape index (κ3) is 5.86. The summed E-state index contributed by atoms with van der Waals surface area (Å²) >= 11 is 0. The quantitative estimate of drug-likeness (QED) is 0.194. The SMILES string of the molecule is NNC(=NCCCCC(N)=O)Nc1ccccc1. The van der Waals surface area contributed by atoms with Crippen LogP contribution >= 0.6 is 0 Å². The molecule has 1 amide bonds. The Labute approximate surface area is 106 Å². The van der Waals surface area contributed by atoms with Gasteiger partial charge in [-0.15, -0.1) is 0 Å². The highest BCUT2D eigenvalue weighted by Crippen LogP contribution is 2.04. The minimum absolute atomic E-state index is 0.279. The van der Waals surface area contributed by atoms with E-state index in [4.69, 9.17) is 11.6 Å². The maximum Gasteiger partial charge on any atom is 0.217 e. The van der Waals surface area contributed by atoms with Crippen molar-refractivity contribution in [2.75, 3.05) is 11.9 Å². The number of nitrogens with two attached hydrogens (primary N) is 2. The minimum Gasteiger partial charge on any atom is -0.370 e. The highest BCUT2D eigenvalue weighted by atomic mass is 16.1. The average Bonchev–Trinajstić information content (AvgIpc) is 2.38. The Bertz CT molecular complexity index is 391. The number of rotatable bonds is 6. The number of unbranched alkanes of at least 4 members (excludes halogenated alkanes) is 1. The zero-order valence-corrected chi connectivity index (χ0v) is 10.2. The molecule has 1 aromatic rings. The normalized spacial score (nSPS) is 11.1. The molecule has 0 radical (unpaired) electrons. The van der Waals surface area contributed by atoms with E-state index in [2.05, 4.69) is 15.7 Å². The number of hydrogen-bond donors (Lipinski definition) is 4. The molecule has 1 aromatic carbocycles. The van der Waals surface area contributed by atoms with Gasteiger partial charge in [-0.3, -0.25) is 15.2 Å². The molecule has 0 aliphatic carbocycles. The van der Waals surface area contributed by atoms with Crippen molar-refractivity contribution >= 4 is 17.6 Å². The van der Waals surface area contributed by atoms with Gasteiger partial charge in [-0.2, -0.15) is 0 Å². The molecule has 98 valence electrons. The van der Waals surface area contributed by atoms with Gasteiger partial charge in [-0.1, -0.05) is 18.2 Å². The summed E-state index contributed by atoms with van der Waals surface area (Å²) in [5.74, 6) is 5.59. The first-order valence-electron chi connectivity index (χ1n) is 5.84. The van der Waals surface area contributed by atoms with Crippen molar-refractivity contribution in [1.29, 1.82) is 0 Å². The third-order valence-electron chi connectivity index (χ3n) is 2.27. The van der Waals surface area contributed by atoms with Crippen LogP contribution in [0.1, 0.15) is 19.3 Å². The summed E-state index contributed by atoms with van der Waals surface area (Å²) in [4.78, 5) is 14.8. The fraction of sp³-hybridized carbons (Fsp3) is 0.333. The Morgan fingerprint density at radius 3 is 2.56 bits per heavy atom. The molecule has 0 fully saturated rings. The Morgan fingerprint density at radius 2 is 1.94 bits per heavy atom. The van der Waals surface area contributed by atoms with Gasteiger partial charge in [0.15, 0.2) is 0 Å². The number of hydrazine groups is 1. The number of benzene rings is 1. The maximum atomic E-state index is 10.5. The van der Waals surface area contributed by atoms with E-state index < -0.39 is 0 Å². The standard InChI is InChI=1S/C12H19N5O/c13-11(18)8-4-5-9-15-12(17-14)16-10-6-2-1-3-7-10/h1-3,6-7H,4-5,8-9,14H2,(H2,13,18)(H2,15,16,17). The van der Waals surface area contributed by atoms with Crippen LogP contribution in [0.5, 0.6) is 0 Å². The van der Waals surface area contributed by atoms with E-state index in [-0.39, 0.29) is 5.91 Å². The van der Waals surface area contributed by atoms with E-state index in [1.54, 1.807) is 0 Å². The average molecular weight is 249 g/mol. The predicted molar refractivity (Wildman–Crippen MR) is 72.7 cm³/mol. The molecule has 0 bridgehead atoms. The number of aliphatic imine (C=N–C) groups is 1. The smallest absolute Gasteiger partial charge is 0.217 e. The van der Waals surface area contributed by atoms with Gasteiger partial charge in [0, 0.05) is 18.7 Å². The van der Waals surface area contributed by atoms with Crippen LogP contribution in [0.25, 0.3) is 0 Å². The number of carbonyl (C=O) groups is 1. The Kier molecular flexibility index (Phi) is 6.27. The number of carbonyl (C=O) groups excluding carboxylic acids is 1. The van der Waals surface area contributed by atoms with Gasteiger partial charge in [0.1, 0.15) is 0 Å². The third-order valence-corrected chi connectivity index (χ3v) is 2.27. The molecule has 0 atom stereocenters. The van der Waals surface area contributed by atoms with E-state index in [9.17, 15) is 4.79 Å². The van der Waals surface area contributed by atoms with Crippen molar-refractivity contribution < 1.29 is 4.79 Å². The largest absolute Gasteiger partial charge is 0.370 e. The summed E-state index contributed by atoms with van der Waals surface area (Å²) in [5.41, 5.74) is 8.45. The van der Waals surface area contributed by atoms with Crippen LogP contribution in [0.3, 0.4) is 0 Å². The number of nitrogens with one attached hydrogen (secondary N) is 2. The van der Waals surface area contributed by atoms with E-state index in [0.717, 1.165) is 18.5 Å². The predicted octanol–water partition coefficient (Wildman–Crippen LogP) is 0.573. The lowest BCUT2D eigenvalue weighted by molar-refractivity contribution is -0.118. The Morgan fingerprint density at radius 1 is 1.22 bits per heavy atom. The first-order chi connectivity index (χ1) is 8.72. The van der Waals surface area contributed by atoms with Gasteiger partial charge < -0.3 is 11.1 Å². The van der Waals surface area contributed by atoms with Gasteiger partial charge >= 0.3 is 0 Å². The number of hydrogen-bond acceptors (Lipinski definition) is 3. The lowest BCUT2D eigenvalue weighted by Crippen LogP contribution is -2.36. The summed E-state index contributed by atoms with van der Waals surface area (Å²) in [6, 6.07) is 9.61. The zero-order valence-electron chi connectivity index (χ0n) is 10.2. The summed E-state index contributed by atoms with van der Waals surface area (Å²) in [5, 5.41) is 3.05. The Hall–Kier alpha value is -2.08. The van der Waals surface area contributed by atoms with Crippen LogP contribution in [0, 0.1) is 0 Å².